The Kier molecular flexibility index (Phi) is 4.11. The summed E-state index contributed by atoms with van der Waals surface area (Å²) in [5, 5.41) is 0. The van der Waals surface area contributed by atoms with Gasteiger partial charge in [-0.3, -0.25) is 0 Å². The van der Waals surface area contributed by atoms with Gasteiger partial charge in [-0.2, -0.15) is 0 Å². The molecule has 0 saturated heterocycles. The van der Waals surface area contributed by atoms with E-state index in [2.05, 4.69) is 14.2 Å². The third kappa shape index (κ3) is 2.96. The highest BCUT2D eigenvalue weighted by molar-refractivity contribution is 5.81. The smallest absolute Gasteiger partial charge is 0.337 e. The molecular formula is C6H10O4. The van der Waals surface area contributed by atoms with E-state index in [9.17, 15) is 4.79 Å². The number of carbonyl (C=O) groups is 1. The Labute approximate surface area is 59.4 Å². The summed E-state index contributed by atoms with van der Waals surface area (Å²) in [4.78, 5) is 10.5. The highest BCUT2D eigenvalue weighted by atomic mass is 16.7. The van der Waals surface area contributed by atoms with Crippen LogP contribution in [0.15, 0.2) is 12.0 Å². The van der Waals surface area contributed by atoms with Gasteiger partial charge in [0, 0.05) is 0 Å². The molecule has 4 nitrogen and oxygen atoms in total. The number of methoxy groups -OCH3 is 3. The van der Waals surface area contributed by atoms with Gasteiger partial charge in [0.2, 0.25) is 0 Å². The van der Waals surface area contributed by atoms with Gasteiger partial charge in [-0.15, -0.1) is 0 Å². The van der Waals surface area contributed by atoms with Crippen molar-refractivity contribution < 1.29 is 19.0 Å². The van der Waals surface area contributed by atoms with E-state index in [4.69, 9.17) is 0 Å². The second kappa shape index (κ2) is 4.67. The third-order valence-electron chi connectivity index (χ3n) is 0.839. The second-order valence-corrected chi connectivity index (χ2v) is 1.39. The Morgan fingerprint density at radius 2 is 1.60 bits per heavy atom. The van der Waals surface area contributed by atoms with E-state index < -0.39 is 5.97 Å². The first-order valence-electron chi connectivity index (χ1n) is 2.62. The van der Waals surface area contributed by atoms with Gasteiger partial charge < -0.3 is 14.2 Å². The molecule has 0 aromatic rings. The van der Waals surface area contributed by atoms with Gasteiger partial charge in [0.15, 0.2) is 0 Å². The second-order valence-electron chi connectivity index (χ2n) is 1.39. The SMILES string of the molecule is COC(=O)C=C(OC)OC. The summed E-state index contributed by atoms with van der Waals surface area (Å²) in [5.41, 5.74) is 0. The standard InChI is InChI=1S/C6H10O4/c1-8-5(7)4-6(9-2)10-3/h4H,1-3H3. The molecule has 58 valence electrons. The summed E-state index contributed by atoms with van der Waals surface area (Å²) in [5.74, 6) is -0.370. The van der Waals surface area contributed by atoms with Crippen LogP contribution in [-0.2, 0) is 19.0 Å². The monoisotopic (exact) mass is 146 g/mol. The van der Waals surface area contributed by atoms with Crippen molar-refractivity contribution in [1.82, 2.24) is 0 Å². The molecule has 0 aromatic heterocycles. The van der Waals surface area contributed by atoms with Gasteiger partial charge in [0.25, 0.3) is 5.95 Å². The normalized spacial score (nSPS) is 7.90. The molecule has 10 heavy (non-hydrogen) atoms. The van der Waals surface area contributed by atoms with Gasteiger partial charge in [0.05, 0.1) is 21.3 Å². The first kappa shape index (κ1) is 8.81. The maximum absolute atomic E-state index is 10.5. The topological polar surface area (TPSA) is 44.8 Å². The average Bonchev–Trinajstić information content (AvgIpc) is 1.99. The molecule has 0 rings (SSSR count). The Morgan fingerprint density at radius 1 is 1.10 bits per heavy atom. The summed E-state index contributed by atoms with van der Waals surface area (Å²) in [6, 6.07) is 0. The molecular weight excluding hydrogens is 136 g/mol. The number of hydrogen-bond acceptors (Lipinski definition) is 4. The predicted octanol–water partition coefficient (Wildman–Crippen LogP) is 0.294. The zero-order valence-electron chi connectivity index (χ0n) is 6.21. The molecule has 0 N–H and O–H groups in total. The maximum atomic E-state index is 10.5. The quantitative estimate of drug-likeness (QED) is 0.326. The lowest BCUT2D eigenvalue weighted by atomic mass is 10.6. The van der Waals surface area contributed by atoms with Crippen molar-refractivity contribution in [3.63, 3.8) is 0 Å². The lowest BCUT2D eigenvalue weighted by Crippen LogP contribution is -1.99. The summed E-state index contributed by atoms with van der Waals surface area (Å²) >= 11 is 0. The Hall–Kier alpha value is -1.19. The summed E-state index contributed by atoms with van der Waals surface area (Å²) in [6.45, 7) is 0. The summed E-state index contributed by atoms with van der Waals surface area (Å²) < 4.78 is 13.5. The first-order chi connectivity index (χ1) is 4.74. The van der Waals surface area contributed by atoms with Crippen LogP contribution in [0.25, 0.3) is 0 Å². The molecule has 4 heteroatoms. The average molecular weight is 146 g/mol. The highest BCUT2D eigenvalue weighted by Crippen LogP contribution is 1.94. The molecule has 0 heterocycles. The minimum absolute atomic E-state index is 0.131. The van der Waals surface area contributed by atoms with E-state index in [-0.39, 0.29) is 5.95 Å². The molecule has 0 unspecified atom stereocenters. The van der Waals surface area contributed by atoms with Crippen molar-refractivity contribution in [3.8, 4) is 0 Å². The van der Waals surface area contributed by atoms with Crippen LogP contribution in [0.4, 0.5) is 0 Å². The third-order valence-corrected chi connectivity index (χ3v) is 0.839. The van der Waals surface area contributed by atoms with Crippen LogP contribution in [0, 0.1) is 0 Å². The maximum Gasteiger partial charge on any atom is 0.337 e. The molecule has 0 aliphatic carbocycles. The molecule has 0 saturated carbocycles. The largest absolute Gasteiger partial charge is 0.469 e. The molecule has 0 atom stereocenters. The van der Waals surface area contributed by atoms with Crippen molar-refractivity contribution in [2.45, 2.75) is 0 Å². The Morgan fingerprint density at radius 3 is 1.90 bits per heavy atom. The van der Waals surface area contributed by atoms with E-state index >= 15 is 0 Å². The minimum Gasteiger partial charge on any atom is -0.469 e. The minimum atomic E-state index is -0.501. The predicted molar refractivity (Wildman–Crippen MR) is 34.1 cm³/mol. The van der Waals surface area contributed by atoms with Crippen molar-refractivity contribution in [2.24, 2.45) is 0 Å². The molecule has 0 amide bonds. The Balaban J connectivity index is 3.96. The number of hydrogen-bond donors (Lipinski definition) is 0. The van der Waals surface area contributed by atoms with Crippen molar-refractivity contribution >= 4 is 5.97 Å². The lowest BCUT2D eigenvalue weighted by molar-refractivity contribution is -0.135. The van der Waals surface area contributed by atoms with Gasteiger partial charge in [-0.25, -0.2) is 4.79 Å². The van der Waals surface area contributed by atoms with E-state index in [1.54, 1.807) is 0 Å². The molecule has 0 spiro atoms. The van der Waals surface area contributed by atoms with Crippen LogP contribution in [0.2, 0.25) is 0 Å². The van der Waals surface area contributed by atoms with Gasteiger partial charge >= 0.3 is 5.97 Å². The number of rotatable bonds is 3. The zero-order valence-corrected chi connectivity index (χ0v) is 6.21. The van der Waals surface area contributed by atoms with Crippen LogP contribution >= 0.6 is 0 Å². The lowest BCUT2D eigenvalue weighted by Gasteiger charge is -2.01. The summed E-state index contributed by atoms with van der Waals surface area (Å²) in [7, 11) is 4.08. The summed E-state index contributed by atoms with van der Waals surface area (Å²) in [6.07, 6.45) is 1.11. The molecule has 0 bridgehead atoms. The van der Waals surface area contributed by atoms with Crippen molar-refractivity contribution in [2.75, 3.05) is 21.3 Å². The van der Waals surface area contributed by atoms with Gasteiger partial charge in [-0.1, -0.05) is 0 Å². The molecule has 0 aliphatic heterocycles. The van der Waals surface area contributed by atoms with E-state index in [1.807, 2.05) is 0 Å². The van der Waals surface area contributed by atoms with Crippen LogP contribution < -0.4 is 0 Å². The van der Waals surface area contributed by atoms with E-state index in [1.165, 1.54) is 21.3 Å². The fourth-order valence-electron chi connectivity index (χ4n) is 0.356. The molecule has 0 radical (unpaired) electrons. The Bertz CT molecular complexity index is 133. The van der Waals surface area contributed by atoms with Gasteiger partial charge in [-0.05, 0) is 0 Å². The number of ether oxygens (including phenoxy) is 3. The molecule has 0 aliphatic rings. The molecule has 0 aromatic carbocycles. The number of carbonyl (C=O) groups excluding carboxylic acids is 1. The van der Waals surface area contributed by atoms with Crippen LogP contribution in [0.5, 0.6) is 0 Å². The highest BCUT2D eigenvalue weighted by Gasteiger charge is 1.99. The zero-order chi connectivity index (χ0) is 7.98. The fraction of sp³-hybridized carbons (Fsp3) is 0.500. The van der Waals surface area contributed by atoms with Crippen LogP contribution in [0.3, 0.4) is 0 Å². The van der Waals surface area contributed by atoms with Crippen molar-refractivity contribution in [3.05, 3.63) is 12.0 Å². The van der Waals surface area contributed by atoms with E-state index in [0.29, 0.717) is 0 Å². The first-order valence-corrected chi connectivity index (χ1v) is 2.62. The van der Waals surface area contributed by atoms with Gasteiger partial charge in [0.1, 0.15) is 6.08 Å². The van der Waals surface area contributed by atoms with Crippen molar-refractivity contribution in [1.29, 1.82) is 0 Å². The van der Waals surface area contributed by atoms with Crippen LogP contribution in [0.1, 0.15) is 0 Å². The van der Waals surface area contributed by atoms with E-state index in [0.717, 1.165) is 6.08 Å². The van der Waals surface area contributed by atoms with Crippen LogP contribution in [-0.4, -0.2) is 27.3 Å². The molecule has 0 fully saturated rings. The fourth-order valence-corrected chi connectivity index (χ4v) is 0.356. The number of esters is 1.